The summed E-state index contributed by atoms with van der Waals surface area (Å²) in [5.74, 6) is 0. The lowest BCUT2D eigenvalue weighted by atomic mass is 9.92. The molecule has 1 saturated heterocycles. The first-order valence-corrected chi connectivity index (χ1v) is 6.62. The molecule has 0 radical (unpaired) electrons. The monoisotopic (exact) mass is 212 g/mol. The average molecular weight is 212 g/mol. The highest BCUT2D eigenvalue weighted by Gasteiger charge is 2.33. The van der Waals surface area contributed by atoms with E-state index >= 15 is 0 Å². The number of rotatable bonds is 6. The van der Waals surface area contributed by atoms with Gasteiger partial charge in [0.05, 0.1) is 0 Å². The third-order valence-corrected chi connectivity index (χ3v) is 4.13. The van der Waals surface area contributed by atoms with Gasteiger partial charge in [-0.3, -0.25) is 0 Å². The van der Waals surface area contributed by atoms with Gasteiger partial charge in [-0.1, -0.05) is 20.8 Å². The van der Waals surface area contributed by atoms with Gasteiger partial charge < -0.3 is 10.2 Å². The quantitative estimate of drug-likeness (QED) is 0.728. The summed E-state index contributed by atoms with van der Waals surface area (Å²) in [5, 5.41) is 3.71. The van der Waals surface area contributed by atoms with Crippen molar-refractivity contribution >= 4 is 0 Å². The van der Waals surface area contributed by atoms with Gasteiger partial charge in [0, 0.05) is 18.1 Å². The van der Waals surface area contributed by atoms with Crippen molar-refractivity contribution in [3.05, 3.63) is 0 Å². The van der Waals surface area contributed by atoms with Crippen molar-refractivity contribution in [3.63, 3.8) is 0 Å². The Morgan fingerprint density at radius 3 is 2.33 bits per heavy atom. The SMILES string of the molecule is CCC(CC)N(C)CC1(CC)CCCN1. The third kappa shape index (κ3) is 3.18. The van der Waals surface area contributed by atoms with Crippen LogP contribution in [0.1, 0.15) is 52.9 Å². The van der Waals surface area contributed by atoms with E-state index in [0.29, 0.717) is 5.54 Å². The van der Waals surface area contributed by atoms with Crippen LogP contribution in [-0.4, -0.2) is 36.6 Å². The van der Waals surface area contributed by atoms with Gasteiger partial charge in [-0.2, -0.15) is 0 Å². The summed E-state index contributed by atoms with van der Waals surface area (Å²) in [5.41, 5.74) is 0.414. The molecule has 0 saturated carbocycles. The van der Waals surface area contributed by atoms with Crippen LogP contribution in [0.15, 0.2) is 0 Å². The molecule has 1 rings (SSSR count). The molecule has 0 aromatic heterocycles. The molecular weight excluding hydrogens is 184 g/mol. The van der Waals surface area contributed by atoms with Crippen LogP contribution >= 0.6 is 0 Å². The zero-order valence-corrected chi connectivity index (χ0v) is 11.0. The molecule has 1 unspecified atom stereocenters. The van der Waals surface area contributed by atoms with Crippen LogP contribution in [0.25, 0.3) is 0 Å². The first-order valence-electron chi connectivity index (χ1n) is 6.62. The first kappa shape index (κ1) is 13.0. The number of nitrogens with zero attached hydrogens (tertiary/aromatic N) is 1. The predicted molar refractivity (Wildman–Crippen MR) is 67.3 cm³/mol. The lowest BCUT2D eigenvalue weighted by Gasteiger charge is -2.36. The second-order valence-corrected chi connectivity index (χ2v) is 5.05. The van der Waals surface area contributed by atoms with Gasteiger partial charge in [0.1, 0.15) is 0 Å². The smallest absolute Gasteiger partial charge is 0.0306 e. The van der Waals surface area contributed by atoms with E-state index in [0.717, 1.165) is 6.04 Å². The van der Waals surface area contributed by atoms with Gasteiger partial charge in [-0.15, -0.1) is 0 Å². The van der Waals surface area contributed by atoms with Gasteiger partial charge in [0.25, 0.3) is 0 Å². The minimum atomic E-state index is 0.414. The fourth-order valence-electron chi connectivity index (χ4n) is 2.94. The summed E-state index contributed by atoms with van der Waals surface area (Å²) in [6, 6.07) is 0.760. The zero-order valence-electron chi connectivity index (χ0n) is 11.0. The fourth-order valence-corrected chi connectivity index (χ4v) is 2.94. The maximum Gasteiger partial charge on any atom is 0.0306 e. The average Bonchev–Trinajstić information content (AvgIpc) is 2.69. The lowest BCUT2D eigenvalue weighted by Crippen LogP contribution is -2.50. The molecule has 90 valence electrons. The Hall–Kier alpha value is -0.0800. The minimum absolute atomic E-state index is 0.414. The van der Waals surface area contributed by atoms with Gasteiger partial charge in [-0.05, 0) is 45.7 Å². The molecule has 1 atom stereocenters. The third-order valence-electron chi connectivity index (χ3n) is 4.13. The Morgan fingerprint density at radius 1 is 1.27 bits per heavy atom. The Balaban J connectivity index is 2.50. The van der Waals surface area contributed by atoms with E-state index < -0.39 is 0 Å². The highest BCUT2D eigenvalue weighted by atomic mass is 15.2. The molecule has 15 heavy (non-hydrogen) atoms. The highest BCUT2D eigenvalue weighted by Crippen LogP contribution is 2.25. The van der Waals surface area contributed by atoms with Crippen LogP contribution in [0, 0.1) is 0 Å². The van der Waals surface area contributed by atoms with Gasteiger partial charge >= 0.3 is 0 Å². The van der Waals surface area contributed by atoms with Crippen molar-refractivity contribution in [2.24, 2.45) is 0 Å². The zero-order chi connectivity index (χ0) is 11.3. The number of nitrogens with one attached hydrogen (secondary N) is 1. The fraction of sp³-hybridized carbons (Fsp3) is 1.00. The van der Waals surface area contributed by atoms with Gasteiger partial charge in [0.2, 0.25) is 0 Å². The Labute approximate surface area is 95.4 Å². The van der Waals surface area contributed by atoms with Crippen molar-refractivity contribution in [1.82, 2.24) is 10.2 Å². The number of hydrogen-bond donors (Lipinski definition) is 1. The summed E-state index contributed by atoms with van der Waals surface area (Å²) in [4.78, 5) is 2.56. The molecule has 0 spiro atoms. The normalized spacial score (nSPS) is 26.8. The summed E-state index contributed by atoms with van der Waals surface area (Å²) in [7, 11) is 2.29. The summed E-state index contributed by atoms with van der Waals surface area (Å²) in [6.45, 7) is 9.34. The molecule has 0 amide bonds. The Bertz CT molecular complexity index is 169. The molecule has 1 heterocycles. The number of hydrogen-bond acceptors (Lipinski definition) is 2. The van der Waals surface area contributed by atoms with Crippen molar-refractivity contribution < 1.29 is 0 Å². The van der Waals surface area contributed by atoms with Crippen molar-refractivity contribution in [2.45, 2.75) is 64.5 Å². The molecule has 1 aliphatic rings. The first-order chi connectivity index (χ1) is 7.17. The van der Waals surface area contributed by atoms with Crippen molar-refractivity contribution in [2.75, 3.05) is 20.1 Å². The Kier molecular flexibility index (Phi) is 5.07. The molecule has 0 aliphatic carbocycles. The maximum absolute atomic E-state index is 3.71. The van der Waals surface area contributed by atoms with Crippen molar-refractivity contribution in [1.29, 1.82) is 0 Å². The molecule has 2 nitrogen and oxygen atoms in total. The summed E-state index contributed by atoms with van der Waals surface area (Å²) >= 11 is 0. The molecule has 0 aromatic rings. The summed E-state index contributed by atoms with van der Waals surface area (Å²) < 4.78 is 0. The van der Waals surface area contributed by atoms with E-state index in [4.69, 9.17) is 0 Å². The van der Waals surface area contributed by atoms with E-state index in [1.807, 2.05) is 0 Å². The maximum atomic E-state index is 3.71. The van der Waals surface area contributed by atoms with Gasteiger partial charge in [-0.25, -0.2) is 0 Å². The van der Waals surface area contributed by atoms with Crippen LogP contribution in [0.3, 0.4) is 0 Å². The predicted octanol–water partition coefficient (Wildman–Crippen LogP) is 2.64. The van der Waals surface area contributed by atoms with E-state index in [9.17, 15) is 0 Å². The minimum Gasteiger partial charge on any atom is -0.310 e. The van der Waals surface area contributed by atoms with Gasteiger partial charge in [0.15, 0.2) is 0 Å². The van der Waals surface area contributed by atoms with E-state index in [1.165, 1.54) is 45.2 Å². The van der Waals surface area contributed by atoms with Crippen LogP contribution in [0.4, 0.5) is 0 Å². The molecule has 1 N–H and O–H groups in total. The van der Waals surface area contributed by atoms with E-state index in [1.54, 1.807) is 0 Å². The second kappa shape index (κ2) is 5.86. The molecular formula is C13H28N2. The van der Waals surface area contributed by atoms with Crippen LogP contribution in [0.5, 0.6) is 0 Å². The summed E-state index contributed by atoms with van der Waals surface area (Å²) in [6.07, 6.45) is 6.51. The van der Waals surface area contributed by atoms with Crippen molar-refractivity contribution in [3.8, 4) is 0 Å². The van der Waals surface area contributed by atoms with Crippen LogP contribution in [0.2, 0.25) is 0 Å². The highest BCUT2D eigenvalue weighted by molar-refractivity contribution is 4.94. The van der Waals surface area contributed by atoms with E-state index in [-0.39, 0.29) is 0 Å². The van der Waals surface area contributed by atoms with E-state index in [2.05, 4.69) is 38.0 Å². The molecule has 0 aromatic carbocycles. The molecule has 2 heteroatoms. The van der Waals surface area contributed by atoms with Crippen LogP contribution < -0.4 is 5.32 Å². The molecule has 1 aliphatic heterocycles. The Morgan fingerprint density at radius 2 is 1.93 bits per heavy atom. The number of likely N-dealkylation sites (N-methyl/N-ethyl adjacent to an activating group) is 1. The molecule has 1 fully saturated rings. The van der Waals surface area contributed by atoms with Crippen LogP contribution in [-0.2, 0) is 0 Å². The largest absolute Gasteiger partial charge is 0.310 e. The lowest BCUT2D eigenvalue weighted by molar-refractivity contribution is 0.163. The molecule has 0 bridgehead atoms. The topological polar surface area (TPSA) is 15.3 Å². The standard InChI is InChI=1S/C13H28N2/c1-5-12(6-2)15(4)11-13(7-3)9-8-10-14-13/h12,14H,5-11H2,1-4H3. The second-order valence-electron chi connectivity index (χ2n) is 5.05.